The molecule has 0 bridgehead atoms. The van der Waals surface area contributed by atoms with E-state index in [0.717, 1.165) is 0 Å². The molecule has 0 aliphatic heterocycles. The normalized spacial score (nSPS) is 9.12. The van der Waals surface area contributed by atoms with E-state index in [4.69, 9.17) is 0 Å². The standard InChI is InChI=1S/C15H20.C2H6/c1-4-7-8-9-13-10-11-14(5-2)15(6-3)12-13;1-2/h5-6,10-12H,2-4,7-9H2,1H3;1-2H3. The molecule has 1 aromatic rings. The fraction of sp³-hybridized carbons (Fsp3) is 0.412. The maximum Gasteiger partial charge on any atom is -0.0187 e. The lowest BCUT2D eigenvalue weighted by atomic mass is 10.0. The topological polar surface area (TPSA) is 0 Å². The van der Waals surface area contributed by atoms with Gasteiger partial charge in [0.25, 0.3) is 0 Å². The van der Waals surface area contributed by atoms with E-state index in [1.165, 1.54) is 42.4 Å². The Hall–Kier alpha value is -1.30. The van der Waals surface area contributed by atoms with E-state index in [1.54, 1.807) is 0 Å². The molecule has 0 atom stereocenters. The lowest BCUT2D eigenvalue weighted by molar-refractivity contribution is 0.717. The van der Waals surface area contributed by atoms with Crippen molar-refractivity contribution < 1.29 is 0 Å². The first-order valence-electron chi connectivity index (χ1n) is 6.69. The van der Waals surface area contributed by atoms with Crippen LogP contribution in [0.5, 0.6) is 0 Å². The van der Waals surface area contributed by atoms with Gasteiger partial charge >= 0.3 is 0 Å². The average Bonchev–Trinajstić information content (AvgIpc) is 2.41. The highest BCUT2D eigenvalue weighted by molar-refractivity contribution is 5.64. The highest BCUT2D eigenvalue weighted by atomic mass is 14.0. The van der Waals surface area contributed by atoms with Gasteiger partial charge in [-0.2, -0.15) is 0 Å². The monoisotopic (exact) mass is 230 g/mol. The molecule has 1 rings (SSSR count). The van der Waals surface area contributed by atoms with Gasteiger partial charge in [0.05, 0.1) is 0 Å². The van der Waals surface area contributed by atoms with Crippen LogP contribution in [0.1, 0.15) is 56.7 Å². The van der Waals surface area contributed by atoms with Crippen LogP contribution in [0.2, 0.25) is 0 Å². The van der Waals surface area contributed by atoms with E-state index >= 15 is 0 Å². The zero-order chi connectivity index (χ0) is 13.1. The smallest absolute Gasteiger partial charge is 0.0187 e. The molecule has 1 aromatic carbocycles. The fourth-order valence-electron chi connectivity index (χ4n) is 1.72. The van der Waals surface area contributed by atoms with E-state index in [9.17, 15) is 0 Å². The van der Waals surface area contributed by atoms with Gasteiger partial charge in [0.1, 0.15) is 0 Å². The lowest BCUT2D eigenvalue weighted by Crippen LogP contribution is -1.88. The number of hydrogen-bond donors (Lipinski definition) is 0. The third kappa shape index (κ3) is 5.53. The van der Waals surface area contributed by atoms with Crippen molar-refractivity contribution in [3.8, 4) is 0 Å². The summed E-state index contributed by atoms with van der Waals surface area (Å²) in [6.07, 6.45) is 8.82. The molecule has 0 aliphatic carbocycles. The Labute approximate surface area is 107 Å². The summed E-state index contributed by atoms with van der Waals surface area (Å²) in [5, 5.41) is 0. The van der Waals surface area contributed by atoms with Gasteiger partial charge in [0.15, 0.2) is 0 Å². The molecule has 0 radical (unpaired) electrons. The second kappa shape index (κ2) is 9.89. The number of benzene rings is 1. The highest BCUT2D eigenvalue weighted by Crippen LogP contribution is 2.16. The molecule has 0 unspecified atom stereocenters. The van der Waals surface area contributed by atoms with Crippen molar-refractivity contribution >= 4 is 12.2 Å². The van der Waals surface area contributed by atoms with Gasteiger partial charge in [-0.25, -0.2) is 0 Å². The van der Waals surface area contributed by atoms with Crippen molar-refractivity contribution in [1.29, 1.82) is 0 Å². The molecule has 0 aliphatic rings. The van der Waals surface area contributed by atoms with Crippen LogP contribution in [-0.2, 0) is 6.42 Å². The maximum atomic E-state index is 3.83. The van der Waals surface area contributed by atoms with Crippen LogP contribution < -0.4 is 0 Å². The van der Waals surface area contributed by atoms with Gasteiger partial charge in [0, 0.05) is 0 Å². The molecule has 0 amide bonds. The summed E-state index contributed by atoms with van der Waals surface area (Å²) in [5.74, 6) is 0. The molecule has 0 spiro atoms. The summed E-state index contributed by atoms with van der Waals surface area (Å²) in [6, 6.07) is 6.55. The van der Waals surface area contributed by atoms with Gasteiger partial charge in [-0.1, -0.05) is 77.1 Å². The van der Waals surface area contributed by atoms with E-state index in [2.05, 4.69) is 38.3 Å². The summed E-state index contributed by atoms with van der Waals surface area (Å²) in [6.45, 7) is 13.9. The average molecular weight is 230 g/mol. The van der Waals surface area contributed by atoms with Crippen LogP contribution in [0.3, 0.4) is 0 Å². The predicted octanol–water partition coefficient (Wildman–Crippen LogP) is 5.73. The molecular formula is C17H26. The van der Waals surface area contributed by atoms with Gasteiger partial charge in [0.2, 0.25) is 0 Å². The third-order valence-corrected chi connectivity index (χ3v) is 2.66. The Morgan fingerprint density at radius 1 is 1.00 bits per heavy atom. The molecule has 0 N–H and O–H groups in total. The predicted molar refractivity (Wildman–Crippen MR) is 81.2 cm³/mol. The van der Waals surface area contributed by atoms with Crippen LogP contribution in [-0.4, -0.2) is 0 Å². The SMILES string of the molecule is C=Cc1ccc(CCCCC)cc1C=C.CC. The first kappa shape index (κ1) is 15.7. The minimum absolute atomic E-state index is 1.17. The Morgan fingerprint density at radius 2 is 1.65 bits per heavy atom. The van der Waals surface area contributed by atoms with E-state index < -0.39 is 0 Å². The van der Waals surface area contributed by atoms with E-state index in [1.807, 2.05) is 26.0 Å². The van der Waals surface area contributed by atoms with Gasteiger partial charge in [-0.05, 0) is 29.5 Å². The first-order chi connectivity index (χ1) is 8.31. The van der Waals surface area contributed by atoms with Crippen molar-refractivity contribution in [3.05, 3.63) is 48.0 Å². The van der Waals surface area contributed by atoms with Crippen molar-refractivity contribution in [2.45, 2.75) is 46.5 Å². The fourth-order valence-corrected chi connectivity index (χ4v) is 1.72. The second-order valence-corrected chi connectivity index (χ2v) is 3.83. The Kier molecular flexibility index (Phi) is 9.14. The van der Waals surface area contributed by atoms with Crippen molar-refractivity contribution in [1.82, 2.24) is 0 Å². The summed E-state index contributed by atoms with van der Waals surface area (Å²) in [5.41, 5.74) is 3.77. The highest BCUT2D eigenvalue weighted by Gasteiger charge is 1.98. The summed E-state index contributed by atoms with van der Waals surface area (Å²) in [7, 11) is 0. The summed E-state index contributed by atoms with van der Waals surface area (Å²) < 4.78 is 0. The molecule has 0 fully saturated rings. The number of aryl methyl sites for hydroxylation is 1. The molecule has 0 aromatic heterocycles. The van der Waals surface area contributed by atoms with Gasteiger partial charge in [-0.15, -0.1) is 0 Å². The molecule has 0 saturated heterocycles. The van der Waals surface area contributed by atoms with E-state index in [-0.39, 0.29) is 0 Å². The molecule has 94 valence electrons. The van der Waals surface area contributed by atoms with Crippen molar-refractivity contribution in [2.24, 2.45) is 0 Å². The molecule has 0 saturated carbocycles. The van der Waals surface area contributed by atoms with Gasteiger partial charge < -0.3 is 0 Å². The number of unbranched alkanes of at least 4 members (excludes halogenated alkanes) is 2. The number of hydrogen-bond acceptors (Lipinski definition) is 0. The Bertz CT molecular complexity index is 334. The quantitative estimate of drug-likeness (QED) is 0.547. The number of rotatable bonds is 6. The third-order valence-electron chi connectivity index (χ3n) is 2.66. The van der Waals surface area contributed by atoms with Crippen LogP contribution >= 0.6 is 0 Å². The van der Waals surface area contributed by atoms with Crippen LogP contribution in [0.4, 0.5) is 0 Å². The van der Waals surface area contributed by atoms with Crippen LogP contribution in [0.25, 0.3) is 12.2 Å². The van der Waals surface area contributed by atoms with Gasteiger partial charge in [-0.3, -0.25) is 0 Å². The Morgan fingerprint density at radius 3 is 2.18 bits per heavy atom. The van der Waals surface area contributed by atoms with Crippen molar-refractivity contribution in [2.75, 3.05) is 0 Å². The Balaban J connectivity index is 0.00000121. The zero-order valence-electron chi connectivity index (χ0n) is 11.6. The van der Waals surface area contributed by atoms with Crippen LogP contribution in [0.15, 0.2) is 31.4 Å². The first-order valence-corrected chi connectivity index (χ1v) is 6.69. The molecule has 0 heterocycles. The molecule has 0 nitrogen and oxygen atoms in total. The van der Waals surface area contributed by atoms with Crippen LogP contribution in [0, 0.1) is 0 Å². The molecule has 17 heavy (non-hydrogen) atoms. The second-order valence-electron chi connectivity index (χ2n) is 3.83. The zero-order valence-corrected chi connectivity index (χ0v) is 11.6. The molecular weight excluding hydrogens is 204 g/mol. The van der Waals surface area contributed by atoms with E-state index in [0.29, 0.717) is 0 Å². The summed E-state index contributed by atoms with van der Waals surface area (Å²) in [4.78, 5) is 0. The molecule has 0 heteroatoms. The maximum absolute atomic E-state index is 3.83. The van der Waals surface area contributed by atoms with Crippen molar-refractivity contribution in [3.63, 3.8) is 0 Å². The minimum Gasteiger partial charge on any atom is -0.0984 e. The minimum atomic E-state index is 1.17. The lowest BCUT2D eigenvalue weighted by Gasteiger charge is -2.05. The largest absolute Gasteiger partial charge is 0.0984 e. The summed E-state index contributed by atoms with van der Waals surface area (Å²) >= 11 is 0.